The predicted molar refractivity (Wildman–Crippen MR) is 180 cm³/mol. The van der Waals surface area contributed by atoms with Gasteiger partial charge in [0.1, 0.15) is 12.6 Å². The van der Waals surface area contributed by atoms with E-state index in [2.05, 4.69) is 5.32 Å². The molecule has 0 saturated heterocycles. The smallest absolute Gasteiger partial charge is 0.264 e. The van der Waals surface area contributed by atoms with Crippen molar-refractivity contribution in [1.29, 1.82) is 0 Å². The molecule has 8 heteroatoms. The Kier molecular flexibility index (Phi) is 10.5. The van der Waals surface area contributed by atoms with Crippen LogP contribution in [0.3, 0.4) is 0 Å². The van der Waals surface area contributed by atoms with Crippen molar-refractivity contribution in [2.45, 2.75) is 71.0 Å². The fourth-order valence-electron chi connectivity index (χ4n) is 5.09. The summed E-state index contributed by atoms with van der Waals surface area (Å²) in [5.41, 5.74) is 4.27. The van der Waals surface area contributed by atoms with Gasteiger partial charge in [-0.15, -0.1) is 0 Å². The van der Waals surface area contributed by atoms with Gasteiger partial charge in [0.05, 0.1) is 10.6 Å². The van der Waals surface area contributed by atoms with Crippen molar-refractivity contribution in [2.75, 3.05) is 10.8 Å². The molecular weight excluding hydrogens is 582 g/mol. The minimum Gasteiger partial charge on any atom is -0.350 e. The second-order valence-corrected chi connectivity index (χ2v) is 14.4. The van der Waals surface area contributed by atoms with E-state index in [0.717, 1.165) is 22.3 Å². The van der Waals surface area contributed by atoms with Crippen molar-refractivity contribution in [3.8, 4) is 0 Å². The molecule has 236 valence electrons. The van der Waals surface area contributed by atoms with E-state index < -0.39 is 34.1 Å². The molecule has 7 nitrogen and oxygen atoms in total. The average Bonchev–Trinajstić information content (AvgIpc) is 2.99. The van der Waals surface area contributed by atoms with Gasteiger partial charge in [-0.1, -0.05) is 96.1 Å². The monoisotopic (exact) mass is 625 g/mol. The van der Waals surface area contributed by atoms with Crippen molar-refractivity contribution in [2.24, 2.45) is 0 Å². The number of amides is 2. The van der Waals surface area contributed by atoms with Crippen molar-refractivity contribution >= 4 is 27.5 Å². The first-order chi connectivity index (χ1) is 21.2. The third kappa shape index (κ3) is 8.82. The fourth-order valence-corrected chi connectivity index (χ4v) is 6.57. The molecule has 4 rings (SSSR count). The van der Waals surface area contributed by atoms with Crippen LogP contribution in [0.2, 0.25) is 0 Å². The summed E-state index contributed by atoms with van der Waals surface area (Å²) in [5.74, 6) is -0.796. The maximum absolute atomic E-state index is 14.6. The molecule has 2 amide bonds. The van der Waals surface area contributed by atoms with Crippen molar-refractivity contribution < 1.29 is 18.0 Å². The van der Waals surface area contributed by atoms with E-state index in [1.54, 1.807) is 36.4 Å². The molecule has 0 fully saturated rings. The van der Waals surface area contributed by atoms with Crippen LogP contribution < -0.4 is 9.62 Å². The normalized spacial score (nSPS) is 12.3. The first kappa shape index (κ1) is 33.5. The van der Waals surface area contributed by atoms with Crippen LogP contribution >= 0.6 is 0 Å². The van der Waals surface area contributed by atoms with E-state index in [-0.39, 0.29) is 23.8 Å². The lowest BCUT2D eigenvalue weighted by molar-refractivity contribution is -0.140. The summed E-state index contributed by atoms with van der Waals surface area (Å²) in [5, 5.41) is 3.06. The Labute approximate surface area is 268 Å². The van der Waals surface area contributed by atoms with Crippen LogP contribution in [0.5, 0.6) is 0 Å². The molecule has 45 heavy (non-hydrogen) atoms. The van der Waals surface area contributed by atoms with Crippen LogP contribution in [-0.2, 0) is 32.6 Å². The summed E-state index contributed by atoms with van der Waals surface area (Å²) in [6.45, 7) is 11.0. The number of aryl methyl sites for hydroxylation is 3. The van der Waals surface area contributed by atoms with Crippen LogP contribution in [0, 0.1) is 20.8 Å². The molecule has 0 aliphatic heterocycles. The summed E-state index contributed by atoms with van der Waals surface area (Å²) in [4.78, 5) is 30.2. The van der Waals surface area contributed by atoms with E-state index >= 15 is 0 Å². The largest absolute Gasteiger partial charge is 0.350 e. The number of hydrogen-bond donors (Lipinski definition) is 1. The van der Waals surface area contributed by atoms with Gasteiger partial charge in [0.25, 0.3) is 10.0 Å². The molecular formula is C37H43N3O4S. The number of para-hydroxylation sites is 1. The standard InChI is InChI=1S/C37H43N3O4S/c1-27-16-20-31(21-17-27)25-39(34(36(42)38-37(4,5)6)24-30-13-8-7-9-14-30)35(41)26-40(33-15-11-10-12-29(33)3)45(43,44)32-22-18-28(2)19-23-32/h7-23,34H,24-26H2,1-6H3,(H,38,42). The molecule has 1 unspecified atom stereocenters. The number of benzene rings is 4. The molecule has 0 aliphatic carbocycles. The van der Waals surface area contributed by atoms with Crippen LogP contribution in [-0.4, -0.2) is 43.3 Å². The molecule has 4 aromatic rings. The Morgan fingerprint density at radius 1 is 0.733 bits per heavy atom. The van der Waals surface area contributed by atoms with Gasteiger partial charge >= 0.3 is 0 Å². The van der Waals surface area contributed by atoms with Crippen LogP contribution in [0.1, 0.15) is 48.6 Å². The van der Waals surface area contributed by atoms with Gasteiger partial charge in [0.15, 0.2) is 0 Å². The van der Waals surface area contributed by atoms with E-state index in [4.69, 9.17) is 0 Å². The van der Waals surface area contributed by atoms with Gasteiger partial charge in [-0.3, -0.25) is 13.9 Å². The molecule has 4 aromatic carbocycles. The third-order valence-corrected chi connectivity index (χ3v) is 9.29. The second-order valence-electron chi connectivity index (χ2n) is 12.6. The number of rotatable bonds is 11. The zero-order chi connectivity index (χ0) is 32.8. The summed E-state index contributed by atoms with van der Waals surface area (Å²) >= 11 is 0. The highest BCUT2D eigenvalue weighted by atomic mass is 32.2. The SMILES string of the molecule is Cc1ccc(CN(C(=O)CN(c2ccccc2C)S(=O)(=O)c2ccc(C)cc2)C(Cc2ccccc2)C(=O)NC(C)(C)C)cc1. The summed E-state index contributed by atoms with van der Waals surface area (Å²) < 4.78 is 29.6. The number of sulfonamides is 1. The topological polar surface area (TPSA) is 86.8 Å². The zero-order valence-corrected chi connectivity index (χ0v) is 27.8. The summed E-state index contributed by atoms with van der Waals surface area (Å²) in [6, 6.07) is 30.1. The van der Waals surface area contributed by atoms with E-state index in [1.165, 1.54) is 9.21 Å². The number of carbonyl (C=O) groups excluding carboxylic acids is 2. The van der Waals surface area contributed by atoms with Crippen molar-refractivity contribution in [3.05, 3.63) is 131 Å². The number of nitrogens with one attached hydrogen (secondary N) is 1. The number of nitrogens with zero attached hydrogens (tertiary/aromatic N) is 2. The quantitative estimate of drug-likeness (QED) is 0.210. The second kappa shape index (κ2) is 14.1. The Bertz CT molecular complexity index is 1710. The molecule has 0 bridgehead atoms. The van der Waals surface area contributed by atoms with E-state index in [9.17, 15) is 18.0 Å². The third-order valence-electron chi connectivity index (χ3n) is 7.51. The lowest BCUT2D eigenvalue weighted by atomic mass is 10.0. The Balaban J connectivity index is 1.82. The number of carbonyl (C=O) groups is 2. The van der Waals surface area contributed by atoms with Crippen LogP contribution in [0.15, 0.2) is 108 Å². The van der Waals surface area contributed by atoms with Crippen LogP contribution in [0.25, 0.3) is 0 Å². The Hall–Kier alpha value is -4.43. The maximum atomic E-state index is 14.6. The molecule has 0 aromatic heterocycles. The van der Waals surface area contributed by atoms with Crippen LogP contribution in [0.4, 0.5) is 5.69 Å². The van der Waals surface area contributed by atoms with Crippen molar-refractivity contribution in [3.63, 3.8) is 0 Å². The summed E-state index contributed by atoms with van der Waals surface area (Å²) in [7, 11) is -4.15. The minimum absolute atomic E-state index is 0.0838. The highest BCUT2D eigenvalue weighted by Gasteiger charge is 2.36. The Morgan fingerprint density at radius 3 is 1.87 bits per heavy atom. The van der Waals surface area contributed by atoms with Gasteiger partial charge in [0.2, 0.25) is 11.8 Å². The van der Waals surface area contributed by atoms with Gasteiger partial charge in [-0.05, 0) is 76.4 Å². The van der Waals surface area contributed by atoms with E-state index in [1.807, 2.05) is 108 Å². The fraction of sp³-hybridized carbons (Fsp3) is 0.297. The maximum Gasteiger partial charge on any atom is 0.264 e. The predicted octanol–water partition coefficient (Wildman–Crippen LogP) is 6.36. The van der Waals surface area contributed by atoms with Gasteiger partial charge in [-0.25, -0.2) is 8.42 Å². The number of hydrogen-bond acceptors (Lipinski definition) is 4. The molecule has 0 saturated carbocycles. The molecule has 0 heterocycles. The molecule has 0 spiro atoms. The number of anilines is 1. The Morgan fingerprint density at radius 2 is 1.29 bits per heavy atom. The van der Waals surface area contributed by atoms with Gasteiger partial charge < -0.3 is 10.2 Å². The average molecular weight is 626 g/mol. The molecule has 0 radical (unpaired) electrons. The highest BCUT2D eigenvalue weighted by Crippen LogP contribution is 2.28. The highest BCUT2D eigenvalue weighted by molar-refractivity contribution is 7.92. The van der Waals surface area contributed by atoms with E-state index in [0.29, 0.717) is 11.3 Å². The summed E-state index contributed by atoms with van der Waals surface area (Å²) in [6.07, 6.45) is 0.259. The molecule has 1 atom stereocenters. The lowest BCUT2D eigenvalue weighted by Gasteiger charge is -2.35. The lowest BCUT2D eigenvalue weighted by Crippen LogP contribution is -2.56. The van der Waals surface area contributed by atoms with Gasteiger partial charge in [0, 0.05) is 18.5 Å². The first-order valence-corrected chi connectivity index (χ1v) is 16.5. The van der Waals surface area contributed by atoms with Gasteiger partial charge in [-0.2, -0.15) is 0 Å². The molecule has 0 aliphatic rings. The first-order valence-electron chi connectivity index (χ1n) is 15.1. The minimum atomic E-state index is -4.15. The van der Waals surface area contributed by atoms with Crippen molar-refractivity contribution in [1.82, 2.24) is 10.2 Å². The molecule has 1 N–H and O–H groups in total. The zero-order valence-electron chi connectivity index (χ0n) is 26.9.